The molecule has 2 N–H and O–H groups in total. The quantitative estimate of drug-likeness (QED) is 0.194. The first-order valence-corrected chi connectivity index (χ1v) is 18.5. The van der Waals surface area contributed by atoms with Crippen LogP contribution in [0.2, 0.25) is 0 Å². The number of carbonyl (C=O) groups is 1. The minimum absolute atomic E-state index is 0.126. The van der Waals surface area contributed by atoms with Gasteiger partial charge in [-0.15, -0.1) is 0 Å². The monoisotopic (exact) mass is 656 g/mol. The van der Waals surface area contributed by atoms with Crippen molar-refractivity contribution in [3.8, 4) is 0 Å². The summed E-state index contributed by atoms with van der Waals surface area (Å²) in [7, 11) is -7.79. The van der Waals surface area contributed by atoms with Crippen LogP contribution in [0.3, 0.4) is 0 Å². The molecule has 1 unspecified atom stereocenters. The van der Waals surface area contributed by atoms with Crippen LogP contribution in [0.4, 0.5) is 11.4 Å². The van der Waals surface area contributed by atoms with Gasteiger partial charge in [0.05, 0.1) is 27.6 Å². The molecule has 10 nitrogen and oxygen atoms in total. The molecule has 4 rings (SSSR count). The molecule has 0 aromatic heterocycles. The number of nitrogens with zero attached hydrogens (tertiary/aromatic N) is 3. The Labute approximate surface area is 267 Å². The lowest BCUT2D eigenvalue weighted by atomic mass is 9.83. The Morgan fingerprint density at radius 3 is 2.33 bits per heavy atom. The normalized spacial score (nSPS) is 19.0. The van der Waals surface area contributed by atoms with Crippen LogP contribution in [0.1, 0.15) is 72.3 Å². The molecule has 1 atom stereocenters. The van der Waals surface area contributed by atoms with E-state index in [2.05, 4.69) is 37.5 Å². The van der Waals surface area contributed by atoms with Gasteiger partial charge >= 0.3 is 0 Å². The first-order chi connectivity index (χ1) is 21.2. The fourth-order valence-electron chi connectivity index (χ4n) is 5.85. The zero-order chi connectivity index (χ0) is 33.0. The van der Waals surface area contributed by atoms with E-state index in [1.165, 1.54) is 17.1 Å². The average Bonchev–Trinajstić information content (AvgIpc) is 3.39. The second-order valence-corrected chi connectivity index (χ2v) is 15.5. The Kier molecular flexibility index (Phi) is 10.7. The van der Waals surface area contributed by atoms with E-state index in [-0.39, 0.29) is 28.9 Å². The van der Waals surface area contributed by atoms with E-state index >= 15 is 0 Å². The van der Waals surface area contributed by atoms with Crippen molar-refractivity contribution in [2.45, 2.75) is 77.0 Å². The molecule has 0 radical (unpaired) electrons. The predicted molar refractivity (Wildman–Crippen MR) is 180 cm³/mol. The highest BCUT2D eigenvalue weighted by molar-refractivity contribution is 7.89. The largest absolute Gasteiger partial charge is 0.344 e. The third kappa shape index (κ3) is 7.92. The first kappa shape index (κ1) is 34.6. The van der Waals surface area contributed by atoms with E-state index in [4.69, 9.17) is 0 Å². The molecule has 2 aliphatic heterocycles. The number of rotatable bonds is 14. The maximum atomic E-state index is 13.5. The molecule has 0 saturated carbocycles. The highest BCUT2D eigenvalue weighted by Gasteiger charge is 2.39. The molecule has 0 fully saturated rings. The van der Waals surface area contributed by atoms with E-state index in [9.17, 15) is 26.2 Å². The molecular formula is C33H44N4O6S2. The number of unbranched alkanes of at least 4 members (excludes halogenated alkanes) is 1. The Hall–Kier alpha value is -3.32. The summed E-state index contributed by atoms with van der Waals surface area (Å²) >= 11 is 0. The van der Waals surface area contributed by atoms with E-state index in [1.54, 1.807) is 25.1 Å². The highest BCUT2D eigenvalue weighted by atomic mass is 32.2. The van der Waals surface area contributed by atoms with Crippen molar-refractivity contribution in [3.05, 3.63) is 77.5 Å². The zero-order valence-corrected chi connectivity index (χ0v) is 28.3. The number of fused-ring (bicyclic) bond motifs is 1. The lowest BCUT2D eigenvalue weighted by Crippen LogP contribution is -2.29. The van der Waals surface area contributed by atoms with Crippen molar-refractivity contribution in [2.24, 2.45) is 11.0 Å². The number of benzene rings is 2. The summed E-state index contributed by atoms with van der Waals surface area (Å²) in [4.78, 5) is 15.7. The van der Waals surface area contributed by atoms with E-state index in [0.29, 0.717) is 30.1 Å². The first-order valence-electron chi connectivity index (χ1n) is 15.4. The molecule has 0 aliphatic carbocycles. The number of para-hydroxylation sites is 1. The summed E-state index contributed by atoms with van der Waals surface area (Å²) in [6.07, 6.45) is 7.84. The summed E-state index contributed by atoms with van der Waals surface area (Å²) in [6, 6.07) is 14.0. The molecule has 1 amide bonds. The van der Waals surface area contributed by atoms with Gasteiger partial charge in [0.15, 0.2) is 0 Å². The van der Waals surface area contributed by atoms with Crippen LogP contribution in [0, 0.1) is 5.92 Å². The summed E-state index contributed by atoms with van der Waals surface area (Å²) in [5.74, 6) is -0.411. The van der Waals surface area contributed by atoms with Crippen LogP contribution in [-0.4, -0.2) is 51.8 Å². The van der Waals surface area contributed by atoms with Gasteiger partial charge in [-0.2, -0.15) is 18.5 Å². The molecular weight excluding hydrogens is 613 g/mol. The Morgan fingerprint density at radius 1 is 1.00 bits per heavy atom. The smallest absolute Gasteiger partial charge is 0.280 e. The number of carbonyl (C=O) groups excluding carboxylic acids is 1. The maximum Gasteiger partial charge on any atom is 0.280 e. The number of hydrazone groups is 1. The van der Waals surface area contributed by atoms with Gasteiger partial charge in [-0.3, -0.25) is 9.35 Å². The van der Waals surface area contributed by atoms with Crippen molar-refractivity contribution in [3.63, 3.8) is 0 Å². The summed E-state index contributed by atoms with van der Waals surface area (Å²) in [5, 5.41) is 5.72. The van der Waals surface area contributed by atoms with Crippen LogP contribution in [0.15, 0.2) is 82.0 Å². The van der Waals surface area contributed by atoms with Crippen LogP contribution in [0.5, 0.6) is 0 Å². The van der Waals surface area contributed by atoms with Crippen molar-refractivity contribution in [1.82, 2.24) is 4.72 Å². The zero-order valence-electron chi connectivity index (χ0n) is 26.7. The van der Waals surface area contributed by atoms with E-state index in [1.807, 2.05) is 35.2 Å². The highest BCUT2D eigenvalue weighted by Crippen LogP contribution is 2.47. The molecule has 2 aromatic rings. The molecule has 2 aromatic carbocycles. The van der Waals surface area contributed by atoms with Crippen molar-refractivity contribution in [1.29, 1.82) is 0 Å². The van der Waals surface area contributed by atoms with Gasteiger partial charge in [0.1, 0.15) is 0 Å². The van der Waals surface area contributed by atoms with E-state index in [0.717, 1.165) is 42.6 Å². The minimum atomic E-state index is -4.09. The fourth-order valence-corrected chi connectivity index (χ4v) is 7.46. The number of anilines is 2. The summed E-state index contributed by atoms with van der Waals surface area (Å²) in [6.45, 7) is 10.8. The molecule has 45 heavy (non-hydrogen) atoms. The van der Waals surface area contributed by atoms with Crippen LogP contribution >= 0.6 is 0 Å². The van der Waals surface area contributed by atoms with Crippen molar-refractivity contribution < 1.29 is 26.2 Å². The number of amides is 1. The van der Waals surface area contributed by atoms with Gasteiger partial charge in [0.25, 0.3) is 16.0 Å². The fraction of sp³-hybridized carbons (Fsp3) is 0.455. The second-order valence-electron chi connectivity index (χ2n) is 12.1. The van der Waals surface area contributed by atoms with Gasteiger partial charge in [0, 0.05) is 29.9 Å². The van der Waals surface area contributed by atoms with Crippen LogP contribution in [0.25, 0.3) is 0 Å². The predicted octanol–water partition coefficient (Wildman–Crippen LogP) is 5.79. The van der Waals surface area contributed by atoms with Gasteiger partial charge in [-0.1, -0.05) is 65.2 Å². The standard InChI is InChI=1S/C33H44N4O6S2/c1-6-8-12-25(7-2)23-34-45(42,43)27-17-15-26(16-18-27)37-32(38)28(24(3)35-37)19-20-31-33(4,5)29-13-9-10-14-30(29)36(31)21-11-22-44(39,40)41/h9-10,13-20,25,34H,6-8,11-12,21-23H2,1-5H3,(H,39,40,41)/b28-19-,31-20+. The molecule has 2 heterocycles. The molecule has 0 bridgehead atoms. The van der Waals surface area contributed by atoms with Crippen molar-refractivity contribution >= 4 is 43.1 Å². The molecule has 244 valence electrons. The Bertz CT molecular complexity index is 1710. The minimum Gasteiger partial charge on any atom is -0.344 e. The van der Waals surface area contributed by atoms with Gasteiger partial charge in [-0.25, -0.2) is 13.1 Å². The van der Waals surface area contributed by atoms with Crippen molar-refractivity contribution in [2.75, 3.05) is 28.8 Å². The Balaban J connectivity index is 1.53. The SMILES string of the molecule is CCCCC(CC)CNS(=O)(=O)c1ccc(N2N=C(C)/C(=C/C=C3/N(CCCS(=O)(=O)O)c4ccccc4C3(C)C)C2=O)cc1. The van der Waals surface area contributed by atoms with Crippen LogP contribution in [-0.2, 0) is 30.4 Å². The topological polar surface area (TPSA) is 136 Å². The molecule has 2 aliphatic rings. The third-order valence-corrected chi connectivity index (χ3v) is 10.8. The van der Waals surface area contributed by atoms with Gasteiger partial charge < -0.3 is 4.90 Å². The average molecular weight is 657 g/mol. The summed E-state index contributed by atoms with van der Waals surface area (Å²) in [5.41, 5.74) is 3.82. The van der Waals surface area contributed by atoms with E-state index < -0.39 is 25.6 Å². The molecule has 0 saturated heterocycles. The third-order valence-electron chi connectivity index (χ3n) is 8.55. The number of allylic oxidation sites excluding steroid dienone is 3. The second kappa shape index (κ2) is 14.0. The Morgan fingerprint density at radius 2 is 1.69 bits per heavy atom. The van der Waals surface area contributed by atoms with Crippen LogP contribution < -0.4 is 14.6 Å². The maximum absolute atomic E-state index is 13.5. The lowest BCUT2D eigenvalue weighted by molar-refractivity contribution is -0.114. The number of hydrogen-bond acceptors (Lipinski definition) is 7. The van der Waals surface area contributed by atoms with Gasteiger partial charge in [0.2, 0.25) is 10.0 Å². The number of sulfonamides is 1. The van der Waals surface area contributed by atoms with Gasteiger partial charge in [-0.05, 0) is 73.7 Å². The number of hydrogen-bond donors (Lipinski definition) is 2. The number of nitrogens with one attached hydrogen (secondary N) is 1. The lowest BCUT2D eigenvalue weighted by Gasteiger charge is -2.27. The summed E-state index contributed by atoms with van der Waals surface area (Å²) < 4.78 is 60.6. The molecule has 12 heteroatoms. The molecule has 0 spiro atoms.